The van der Waals surface area contributed by atoms with Crippen LogP contribution in [0.2, 0.25) is 0 Å². The van der Waals surface area contributed by atoms with Gasteiger partial charge in [0.1, 0.15) is 5.69 Å². The molecule has 0 aromatic carbocycles. The summed E-state index contributed by atoms with van der Waals surface area (Å²) in [4.78, 5) is 12.0. The van der Waals surface area contributed by atoms with E-state index < -0.39 is 0 Å². The SMILES string of the molecule is CCOCCCNC(=O)c1cc(N)cn1C(C)C. The first kappa shape index (κ1) is 14.6. The van der Waals surface area contributed by atoms with Crippen LogP contribution in [0.15, 0.2) is 12.3 Å². The Kier molecular flexibility index (Phi) is 5.71. The molecule has 0 aliphatic carbocycles. The average Bonchev–Trinajstić information content (AvgIpc) is 2.71. The van der Waals surface area contributed by atoms with Gasteiger partial charge in [0.25, 0.3) is 5.91 Å². The van der Waals surface area contributed by atoms with Gasteiger partial charge in [0.15, 0.2) is 0 Å². The van der Waals surface area contributed by atoms with E-state index in [1.54, 1.807) is 12.3 Å². The Bertz CT molecular complexity index is 386. The number of carbonyl (C=O) groups excluding carboxylic acids is 1. The van der Waals surface area contributed by atoms with Gasteiger partial charge in [-0.15, -0.1) is 0 Å². The molecule has 3 N–H and O–H groups in total. The fourth-order valence-corrected chi connectivity index (χ4v) is 1.72. The second-order valence-corrected chi connectivity index (χ2v) is 4.47. The molecule has 1 amide bonds. The largest absolute Gasteiger partial charge is 0.397 e. The molecule has 0 aliphatic heterocycles. The van der Waals surface area contributed by atoms with Crippen LogP contribution in [0.3, 0.4) is 0 Å². The number of carbonyl (C=O) groups is 1. The smallest absolute Gasteiger partial charge is 0.267 e. The molecule has 1 rings (SSSR count). The molecule has 0 fully saturated rings. The quantitative estimate of drug-likeness (QED) is 0.728. The Morgan fingerprint density at radius 3 is 2.89 bits per heavy atom. The summed E-state index contributed by atoms with van der Waals surface area (Å²) in [7, 11) is 0. The van der Waals surface area contributed by atoms with Crippen LogP contribution >= 0.6 is 0 Å². The number of nitrogens with two attached hydrogens (primary N) is 1. The lowest BCUT2D eigenvalue weighted by Crippen LogP contribution is -2.27. The first-order valence-corrected chi connectivity index (χ1v) is 6.39. The van der Waals surface area contributed by atoms with Crippen LogP contribution in [-0.2, 0) is 4.74 Å². The fraction of sp³-hybridized carbons (Fsp3) is 0.615. The first-order valence-electron chi connectivity index (χ1n) is 6.39. The summed E-state index contributed by atoms with van der Waals surface area (Å²) in [6, 6.07) is 1.92. The Labute approximate surface area is 108 Å². The van der Waals surface area contributed by atoms with Crippen molar-refractivity contribution < 1.29 is 9.53 Å². The minimum absolute atomic E-state index is 0.0862. The molecule has 0 spiro atoms. The predicted octanol–water partition coefficient (Wildman–Crippen LogP) is 1.81. The maximum absolute atomic E-state index is 12.0. The van der Waals surface area contributed by atoms with Gasteiger partial charge in [-0.2, -0.15) is 0 Å². The lowest BCUT2D eigenvalue weighted by molar-refractivity contribution is 0.0933. The highest BCUT2D eigenvalue weighted by Crippen LogP contribution is 2.16. The zero-order chi connectivity index (χ0) is 13.5. The molecule has 102 valence electrons. The number of nitrogens with zero attached hydrogens (tertiary/aromatic N) is 1. The summed E-state index contributed by atoms with van der Waals surface area (Å²) in [6.07, 6.45) is 2.61. The van der Waals surface area contributed by atoms with Gasteiger partial charge in [0, 0.05) is 32.0 Å². The van der Waals surface area contributed by atoms with Gasteiger partial charge < -0.3 is 20.4 Å². The molecule has 1 aromatic heterocycles. The van der Waals surface area contributed by atoms with Gasteiger partial charge >= 0.3 is 0 Å². The Morgan fingerprint density at radius 1 is 1.56 bits per heavy atom. The Hall–Kier alpha value is -1.49. The standard InChI is InChI=1S/C13H23N3O2/c1-4-18-7-5-6-15-13(17)12-8-11(14)9-16(12)10(2)3/h8-10H,4-7,14H2,1-3H3,(H,15,17). The van der Waals surface area contributed by atoms with Gasteiger partial charge in [-0.1, -0.05) is 0 Å². The summed E-state index contributed by atoms with van der Waals surface area (Å²) < 4.78 is 7.09. The maximum atomic E-state index is 12.0. The number of aromatic nitrogens is 1. The van der Waals surface area contributed by atoms with E-state index in [4.69, 9.17) is 10.5 Å². The van der Waals surface area contributed by atoms with Crippen LogP contribution < -0.4 is 11.1 Å². The summed E-state index contributed by atoms with van der Waals surface area (Å²) in [5.74, 6) is -0.0862. The molecule has 0 atom stereocenters. The van der Waals surface area contributed by atoms with E-state index >= 15 is 0 Å². The molecule has 0 saturated carbocycles. The van der Waals surface area contributed by atoms with Crippen LogP contribution in [0.1, 0.15) is 43.7 Å². The topological polar surface area (TPSA) is 69.3 Å². The predicted molar refractivity (Wildman–Crippen MR) is 72.7 cm³/mol. The van der Waals surface area contributed by atoms with Crippen molar-refractivity contribution in [3.63, 3.8) is 0 Å². The lowest BCUT2D eigenvalue weighted by Gasteiger charge is -2.12. The number of nitrogens with one attached hydrogen (secondary N) is 1. The van der Waals surface area contributed by atoms with E-state index in [9.17, 15) is 4.79 Å². The van der Waals surface area contributed by atoms with Crippen molar-refractivity contribution in [3.8, 4) is 0 Å². The van der Waals surface area contributed by atoms with E-state index in [1.807, 2.05) is 25.3 Å². The zero-order valence-electron chi connectivity index (χ0n) is 11.4. The average molecular weight is 253 g/mol. The molecule has 18 heavy (non-hydrogen) atoms. The molecule has 1 aromatic rings. The van der Waals surface area contributed by atoms with Gasteiger partial charge in [0.05, 0.1) is 5.69 Å². The third-order valence-corrected chi connectivity index (χ3v) is 2.61. The van der Waals surface area contributed by atoms with Crippen molar-refractivity contribution in [2.75, 3.05) is 25.5 Å². The van der Waals surface area contributed by atoms with Gasteiger partial charge in [0.2, 0.25) is 0 Å². The minimum Gasteiger partial charge on any atom is -0.397 e. The second-order valence-electron chi connectivity index (χ2n) is 4.47. The number of amides is 1. The van der Waals surface area contributed by atoms with Crippen LogP contribution in [0.5, 0.6) is 0 Å². The molecule has 0 bridgehead atoms. The molecule has 0 aliphatic rings. The van der Waals surface area contributed by atoms with Crippen LogP contribution in [0, 0.1) is 0 Å². The number of ether oxygens (including phenoxy) is 1. The summed E-state index contributed by atoms with van der Waals surface area (Å²) in [6.45, 7) is 7.99. The highest BCUT2D eigenvalue weighted by atomic mass is 16.5. The Morgan fingerprint density at radius 2 is 2.28 bits per heavy atom. The highest BCUT2D eigenvalue weighted by molar-refractivity contribution is 5.93. The molecular weight excluding hydrogens is 230 g/mol. The number of anilines is 1. The molecule has 1 heterocycles. The fourth-order valence-electron chi connectivity index (χ4n) is 1.72. The minimum atomic E-state index is -0.0862. The summed E-state index contributed by atoms with van der Waals surface area (Å²) >= 11 is 0. The molecule has 0 saturated heterocycles. The third-order valence-electron chi connectivity index (χ3n) is 2.61. The van der Waals surface area contributed by atoms with E-state index in [1.165, 1.54) is 0 Å². The zero-order valence-corrected chi connectivity index (χ0v) is 11.4. The normalized spacial score (nSPS) is 10.9. The van der Waals surface area contributed by atoms with E-state index in [2.05, 4.69) is 5.32 Å². The van der Waals surface area contributed by atoms with Crippen LogP contribution in [0.25, 0.3) is 0 Å². The van der Waals surface area contributed by atoms with E-state index in [0.29, 0.717) is 31.1 Å². The Balaban J connectivity index is 2.51. The number of hydrogen-bond acceptors (Lipinski definition) is 3. The second kappa shape index (κ2) is 7.06. The number of hydrogen-bond donors (Lipinski definition) is 2. The van der Waals surface area contributed by atoms with Crippen molar-refractivity contribution in [2.24, 2.45) is 0 Å². The first-order chi connectivity index (χ1) is 8.56. The van der Waals surface area contributed by atoms with Crippen molar-refractivity contribution in [2.45, 2.75) is 33.2 Å². The lowest BCUT2D eigenvalue weighted by atomic mass is 10.3. The number of nitrogen functional groups attached to an aromatic ring is 1. The van der Waals surface area contributed by atoms with Gasteiger partial charge in [-0.05, 0) is 33.3 Å². The summed E-state index contributed by atoms with van der Waals surface area (Å²) in [5.41, 5.74) is 6.95. The number of rotatable bonds is 7. The van der Waals surface area contributed by atoms with Crippen molar-refractivity contribution >= 4 is 11.6 Å². The van der Waals surface area contributed by atoms with Crippen molar-refractivity contribution in [1.29, 1.82) is 0 Å². The van der Waals surface area contributed by atoms with Gasteiger partial charge in [-0.3, -0.25) is 4.79 Å². The molecule has 5 nitrogen and oxygen atoms in total. The van der Waals surface area contributed by atoms with Gasteiger partial charge in [-0.25, -0.2) is 0 Å². The van der Waals surface area contributed by atoms with Crippen LogP contribution in [-0.4, -0.2) is 30.2 Å². The third kappa shape index (κ3) is 4.07. The molecule has 5 heteroatoms. The van der Waals surface area contributed by atoms with Crippen molar-refractivity contribution in [1.82, 2.24) is 9.88 Å². The molecule has 0 unspecified atom stereocenters. The monoisotopic (exact) mass is 253 g/mol. The highest BCUT2D eigenvalue weighted by Gasteiger charge is 2.13. The maximum Gasteiger partial charge on any atom is 0.267 e. The molecule has 0 radical (unpaired) electrons. The van der Waals surface area contributed by atoms with Crippen molar-refractivity contribution in [3.05, 3.63) is 18.0 Å². The van der Waals surface area contributed by atoms with Crippen LogP contribution in [0.4, 0.5) is 5.69 Å². The van der Waals surface area contributed by atoms with E-state index in [0.717, 1.165) is 6.42 Å². The van der Waals surface area contributed by atoms with E-state index in [-0.39, 0.29) is 11.9 Å². The summed E-state index contributed by atoms with van der Waals surface area (Å²) in [5, 5.41) is 2.87. The molecular formula is C13H23N3O2.